The van der Waals surface area contributed by atoms with Gasteiger partial charge in [-0.3, -0.25) is 14.4 Å². The first-order valence-corrected chi connectivity index (χ1v) is 26.2. The minimum Gasteiger partial charge on any atom is -0.462 e. The molecule has 0 N–H and O–H groups in total. The topological polar surface area (TPSA) is 78.9 Å². The summed E-state index contributed by atoms with van der Waals surface area (Å²) in [4.78, 5) is 37.9. The minimum absolute atomic E-state index is 0.0641. The number of ether oxygens (including phenoxy) is 3. The fraction of sp³-hybridized carbons (Fsp3) is 0.943. The molecule has 0 saturated carbocycles. The smallest absolute Gasteiger partial charge is 0.306 e. The molecule has 6 nitrogen and oxygen atoms in total. The van der Waals surface area contributed by atoms with Crippen molar-refractivity contribution in [1.29, 1.82) is 0 Å². The Kier molecular flexibility index (Phi) is 44.7. The predicted octanol–water partition coefficient (Wildman–Crippen LogP) is 16.9. The summed E-state index contributed by atoms with van der Waals surface area (Å²) in [6, 6.07) is 0. The van der Waals surface area contributed by atoms with Crippen molar-refractivity contribution >= 4 is 17.9 Å². The second-order valence-electron chi connectivity index (χ2n) is 19.1. The third-order valence-electron chi connectivity index (χ3n) is 12.0. The van der Waals surface area contributed by atoms with Crippen LogP contribution in [0.3, 0.4) is 0 Å². The van der Waals surface area contributed by atoms with Crippen LogP contribution in [0, 0.1) is 11.8 Å². The van der Waals surface area contributed by atoms with Crippen LogP contribution < -0.4 is 0 Å². The van der Waals surface area contributed by atoms with E-state index < -0.39 is 6.10 Å². The van der Waals surface area contributed by atoms with Crippen molar-refractivity contribution in [2.24, 2.45) is 11.8 Å². The number of carbonyl (C=O) groups excluding carboxylic acids is 3. The standard InChI is InChI=1S/C53H102O6/c1-6-7-8-9-10-11-12-13-14-15-16-17-18-22-28-33-38-43-51(54)57-46-50(59-53(56)45-40-35-30-25-24-27-32-37-42-49(4)5)47-58-52(55)44-39-34-29-23-20-19-21-26-31-36-41-48(2)3/h48-50H,6-47H2,1-5H3/t50-/m0/s1. The van der Waals surface area contributed by atoms with E-state index in [2.05, 4.69) is 34.6 Å². The molecule has 0 aliphatic rings. The Morgan fingerprint density at radius 1 is 0.322 bits per heavy atom. The van der Waals surface area contributed by atoms with E-state index in [1.165, 1.54) is 180 Å². The Morgan fingerprint density at radius 3 is 0.831 bits per heavy atom. The summed E-state index contributed by atoms with van der Waals surface area (Å²) >= 11 is 0. The van der Waals surface area contributed by atoms with Crippen molar-refractivity contribution in [2.45, 2.75) is 298 Å². The lowest BCUT2D eigenvalue weighted by Gasteiger charge is -2.18. The second-order valence-corrected chi connectivity index (χ2v) is 19.1. The summed E-state index contributed by atoms with van der Waals surface area (Å²) in [5, 5.41) is 0. The van der Waals surface area contributed by atoms with E-state index in [-0.39, 0.29) is 31.1 Å². The lowest BCUT2D eigenvalue weighted by molar-refractivity contribution is -0.167. The van der Waals surface area contributed by atoms with E-state index in [4.69, 9.17) is 14.2 Å². The van der Waals surface area contributed by atoms with Gasteiger partial charge in [-0.15, -0.1) is 0 Å². The highest BCUT2D eigenvalue weighted by Gasteiger charge is 2.19. The number of unbranched alkanes of at least 4 members (excludes halogenated alkanes) is 32. The summed E-state index contributed by atoms with van der Waals surface area (Å²) in [5.74, 6) is 0.762. The molecule has 0 spiro atoms. The summed E-state index contributed by atoms with van der Waals surface area (Å²) in [6.07, 6.45) is 46.7. The average molecular weight is 835 g/mol. The third kappa shape index (κ3) is 47.3. The Balaban J connectivity index is 4.27. The van der Waals surface area contributed by atoms with Gasteiger partial charge in [0.05, 0.1) is 0 Å². The van der Waals surface area contributed by atoms with E-state index in [1.807, 2.05) is 0 Å². The Labute approximate surface area is 368 Å². The summed E-state index contributed by atoms with van der Waals surface area (Å²) in [6.45, 7) is 11.3. The molecule has 0 aromatic carbocycles. The van der Waals surface area contributed by atoms with Crippen molar-refractivity contribution in [3.8, 4) is 0 Å². The summed E-state index contributed by atoms with van der Waals surface area (Å²) in [7, 11) is 0. The fourth-order valence-corrected chi connectivity index (χ4v) is 7.99. The summed E-state index contributed by atoms with van der Waals surface area (Å²) in [5.41, 5.74) is 0. The number of carbonyl (C=O) groups is 3. The van der Waals surface area contributed by atoms with Crippen LogP contribution in [0.5, 0.6) is 0 Å². The molecule has 0 rings (SSSR count). The van der Waals surface area contributed by atoms with Gasteiger partial charge in [0.25, 0.3) is 0 Å². The van der Waals surface area contributed by atoms with Gasteiger partial charge in [-0.05, 0) is 31.1 Å². The Morgan fingerprint density at radius 2 is 0.559 bits per heavy atom. The molecule has 0 aliphatic heterocycles. The van der Waals surface area contributed by atoms with Gasteiger partial charge in [-0.2, -0.15) is 0 Å². The van der Waals surface area contributed by atoms with E-state index in [0.29, 0.717) is 19.3 Å². The lowest BCUT2D eigenvalue weighted by Crippen LogP contribution is -2.30. The van der Waals surface area contributed by atoms with Crippen molar-refractivity contribution in [1.82, 2.24) is 0 Å². The minimum atomic E-state index is -0.762. The van der Waals surface area contributed by atoms with E-state index in [0.717, 1.165) is 69.6 Å². The van der Waals surface area contributed by atoms with Crippen molar-refractivity contribution in [2.75, 3.05) is 13.2 Å². The largest absolute Gasteiger partial charge is 0.462 e. The number of rotatable bonds is 47. The highest BCUT2D eigenvalue weighted by molar-refractivity contribution is 5.71. The Bertz CT molecular complexity index is 900. The van der Waals surface area contributed by atoms with Gasteiger partial charge < -0.3 is 14.2 Å². The molecule has 0 bridgehead atoms. The van der Waals surface area contributed by atoms with E-state index >= 15 is 0 Å². The van der Waals surface area contributed by atoms with Gasteiger partial charge in [0.1, 0.15) is 13.2 Å². The van der Waals surface area contributed by atoms with Crippen molar-refractivity contribution in [3.05, 3.63) is 0 Å². The fourth-order valence-electron chi connectivity index (χ4n) is 7.99. The SMILES string of the molecule is CCCCCCCCCCCCCCCCCCCC(=O)OC[C@@H](COC(=O)CCCCCCCCCCCCC(C)C)OC(=O)CCCCCCCCCCC(C)C. The van der Waals surface area contributed by atoms with Gasteiger partial charge in [0.15, 0.2) is 6.10 Å². The van der Waals surface area contributed by atoms with Crippen LogP contribution in [-0.2, 0) is 28.6 Å². The molecule has 0 radical (unpaired) electrons. The number of hydrogen-bond donors (Lipinski definition) is 0. The maximum absolute atomic E-state index is 12.8. The monoisotopic (exact) mass is 835 g/mol. The molecule has 6 heteroatoms. The van der Waals surface area contributed by atoms with Crippen LogP contribution in [0.1, 0.15) is 291 Å². The van der Waals surface area contributed by atoms with Gasteiger partial charge in [-0.25, -0.2) is 0 Å². The molecule has 0 heterocycles. The number of hydrogen-bond acceptors (Lipinski definition) is 6. The highest BCUT2D eigenvalue weighted by Crippen LogP contribution is 2.17. The molecule has 0 saturated heterocycles. The zero-order chi connectivity index (χ0) is 43.3. The quantitative estimate of drug-likeness (QED) is 0.0345. The van der Waals surface area contributed by atoms with Gasteiger partial charge in [0.2, 0.25) is 0 Å². The van der Waals surface area contributed by atoms with E-state index in [1.54, 1.807) is 0 Å². The van der Waals surface area contributed by atoms with Crippen molar-refractivity contribution < 1.29 is 28.6 Å². The molecule has 1 atom stereocenters. The van der Waals surface area contributed by atoms with Crippen LogP contribution in [0.4, 0.5) is 0 Å². The molecule has 0 aliphatic carbocycles. The van der Waals surface area contributed by atoms with Gasteiger partial charge >= 0.3 is 17.9 Å². The second kappa shape index (κ2) is 45.9. The molecular weight excluding hydrogens is 733 g/mol. The first-order chi connectivity index (χ1) is 28.7. The molecule has 0 fully saturated rings. The zero-order valence-electron chi connectivity index (χ0n) is 40.4. The zero-order valence-corrected chi connectivity index (χ0v) is 40.4. The maximum atomic E-state index is 12.8. The van der Waals surface area contributed by atoms with Crippen LogP contribution in [0.2, 0.25) is 0 Å². The molecule has 59 heavy (non-hydrogen) atoms. The molecule has 350 valence electrons. The van der Waals surface area contributed by atoms with E-state index in [9.17, 15) is 14.4 Å². The Hall–Kier alpha value is -1.59. The first-order valence-electron chi connectivity index (χ1n) is 26.2. The molecule has 0 unspecified atom stereocenters. The van der Waals surface area contributed by atoms with Crippen molar-refractivity contribution in [3.63, 3.8) is 0 Å². The van der Waals surface area contributed by atoms with Gasteiger partial charge in [0, 0.05) is 19.3 Å². The van der Waals surface area contributed by atoms with Crippen LogP contribution >= 0.6 is 0 Å². The van der Waals surface area contributed by atoms with Crippen LogP contribution in [-0.4, -0.2) is 37.2 Å². The van der Waals surface area contributed by atoms with Crippen LogP contribution in [0.15, 0.2) is 0 Å². The normalized spacial score (nSPS) is 12.1. The highest BCUT2D eigenvalue weighted by atomic mass is 16.6. The third-order valence-corrected chi connectivity index (χ3v) is 12.0. The first kappa shape index (κ1) is 57.4. The maximum Gasteiger partial charge on any atom is 0.306 e. The molecule has 0 amide bonds. The lowest BCUT2D eigenvalue weighted by atomic mass is 10.0. The summed E-state index contributed by atoms with van der Waals surface area (Å²) < 4.78 is 16.8. The molecular formula is C53H102O6. The predicted molar refractivity (Wildman–Crippen MR) is 252 cm³/mol. The molecule has 0 aromatic rings. The average Bonchev–Trinajstić information content (AvgIpc) is 3.20. The molecule has 0 aromatic heterocycles. The van der Waals surface area contributed by atoms with Crippen LogP contribution in [0.25, 0.3) is 0 Å². The van der Waals surface area contributed by atoms with Gasteiger partial charge in [-0.1, -0.05) is 253 Å². The number of esters is 3.